The fourth-order valence-corrected chi connectivity index (χ4v) is 6.22. The Hall–Kier alpha value is -6.62. The van der Waals surface area contributed by atoms with Crippen molar-refractivity contribution >= 4 is 104 Å². The average Bonchev–Trinajstić information content (AvgIpc) is 3.87. The van der Waals surface area contributed by atoms with Gasteiger partial charge in [-0.25, -0.2) is 0 Å². The van der Waals surface area contributed by atoms with Gasteiger partial charge in [-0.3, -0.25) is 29.8 Å². The van der Waals surface area contributed by atoms with Crippen molar-refractivity contribution in [2.75, 3.05) is 0 Å². The van der Waals surface area contributed by atoms with Crippen LogP contribution in [0.5, 0.6) is 17.2 Å². The predicted octanol–water partition coefficient (Wildman–Crippen LogP) is 6.68. The normalized spacial score (nSPS) is 11.0. The number of hydrogen-bond acceptors (Lipinski definition) is 12. The van der Waals surface area contributed by atoms with E-state index in [0.717, 1.165) is 32.8 Å². The molecule has 2 atom stereocenters. The number of hydrogen-bond donors (Lipinski definition) is 3. The first-order valence-electron chi connectivity index (χ1n) is 15.1. The lowest BCUT2D eigenvalue weighted by atomic mass is 10.1. The van der Waals surface area contributed by atoms with Gasteiger partial charge in [0, 0.05) is 60.1 Å². The summed E-state index contributed by atoms with van der Waals surface area (Å²) in [6, 6.07) is 14.6. The molecule has 0 fully saturated rings. The number of aromatic hydroxyl groups is 1. The SMILES string of the molecule is O=Cc1ccc(O)c2oc3cc[n+](O)cc3c12.O=Cc1ccc(OP)c2oc3cc[n+](O)cc3c12.O=Cc1ccc(OP)c2oc3ccncc3c12. The molecule has 0 aliphatic rings. The van der Waals surface area contributed by atoms with Gasteiger partial charge in [-0.15, -0.1) is 0 Å². The summed E-state index contributed by atoms with van der Waals surface area (Å²) in [5, 5.41) is 32.4. The molecule has 0 aliphatic carbocycles. The zero-order valence-corrected chi connectivity index (χ0v) is 28.8. The topological polar surface area (TPSA) is 190 Å². The van der Waals surface area contributed by atoms with Crippen molar-refractivity contribution in [3.05, 3.63) is 108 Å². The number of benzene rings is 3. The van der Waals surface area contributed by atoms with Crippen LogP contribution < -0.4 is 18.5 Å². The molecule has 16 heteroatoms. The Kier molecular flexibility index (Phi) is 9.08. The summed E-state index contributed by atoms with van der Waals surface area (Å²) in [5.41, 5.74) is 4.51. The standard InChI is InChI=1S/C12H9NO4P.C12H7NO4.C12H8NO3P/c14-6-7-1-2-10(17-18)12-11(7)8-5-13(15)4-3-9(8)16-12;14-6-7-1-2-9(15)12-11(7)8-5-13(16)4-3-10(8)17-12;14-6-7-1-2-10(16-17)12-11(7)8-5-13-4-3-9(8)15-12/h1-6,15H,18H2;1-6H,(H-,14,15,16);1-6H,17H2/q+1;;/p+1. The van der Waals surface area contributed by atoms with E-state index < -0.39 is 0 Å². The number of fused-ring (bicyclic) bond motifs is 9. The van der Waals surface area contributed by atoms with Crippen LogP contribution in [0.4, 0.5) is 0 Å². The second kappa shape index (κ2) is 13.9. The summed E-state index contributed by atoms with van der Waals surface area (Å²) in [5.74, 6) is 1.05. The second-order valence-corrected chi connectivity index (χ2v) is 11.5. The Morgan fingerprint density at radius 3 is 1.54 bits per heavy atom. The zero-order valence-electron chi connectivity index (χ0n) is 26.5. The summed E-state index contributed by atoms with van der Waals surface area (Å²) in [4.78, 5) is 37.2. The van der Waals surface area contributed by atoms with Crippen molar-refractivity contribution < 1.29 is 61.7 Å². The van der Waals surface area contributed by atoms with Crippen LogP contribution in [0.2, 0.25) is 0 Å². The maximum Gasteiger partial charge on any atom is 0.233 e. The van der Waals surface area contributed by atoms with Crippen LogP contribution in [0.15, 0.2) is 105 Å². The Morgan fingerprint density at radius 1 is 0.596 bits per heavy atom. The number of pyridine rings is 3. The van der Waals surface area contributed by atoms with E-state index in [1.807, 2.05) is 0 Å². The molecule has 0 aliphatic heterocycles. The fraction of sp³-hybridized carbons (Fsp3) is 0. The van der Waals surface area contributed by atoms with Gasteiger partial charge in [0.1, 0.15) is 16.7 Å². The lowest BCUT2D eigenvalue weighted by Crippen LogP contribution is -2.27. The van der Waals surface area contributed by atoms with E-state index >= 15 is 0 Å². The van der Waals surface area contributed by atoms with Crippen LogP contribution in [-0.4, -0.2) is 39.4 Å². The lowest BCUT2D eigenvalue weighted by molar-refractivity contribution is -0.903. The molecule has 0 amide bonds. The molecule has 0 spiro atoms. The van der Waals surface area contributed by atoms with Crippen molar-refractivity contribution in [2.24, 2.45) is 0 Å². The molecular formula is C36H25N3O11P2+2. The van der Waals surface area contributed by atoms with Crippen LogP contribution in [-0.2, 0) is 0 Å². The molecule has 3 aromatic carbocycles. The largest absolute Gasteiger partial charge is 0.504 e. The van der Waals surface area contributed by atoms with Gasteiger partial charge in [-0.05, 0) is 42.5 Å². The van der Waals surface area contributed by atoms with Crippen molar-refractivity contribution in [1.82, 2.24) is 4.98 Å². The van der Waals surface area contributed by atoms with Gasteiger partial charge in [-0.1, -0.05) is 0 Å². The highest BCUT2D eigenvalue weighted by Gasteiger charge is 2.19. The molecule has 3 N–H and O–H groups in total. The molecule has 14 nitrogen and oxygen atoms in total. The highest BCUT2D eigenvalue weighted by molar-refractivity contribution is 7.10. The van der Waals surface area contributed by atoms with Crippen LogP contribution in [0, 0.1) is 0 Å². The summed E-state index contributed by atoms with van der Waals surface area (Å²) in [7, 11) is 4.31. The van der Waals surface area contributed by atoms with Crippen LogP contribution in [0.1, 0.15) is 31.1 Å². The highest BCUT2D eigenvalue weighted by atomic mass is 31.0. The molecule has 9 rings (SSSR count). The van der Waals surface area contributed by atoms with Gasteiger partial charge in [0.05, 0.1) is 41.8 Å². The van der Waals surface area contributed by atoms with E-state index in [4.69, 9.17) is 22.3 Å². The molecule has 9 aromatic rings. The quantitative estimate of drug-likeness (QED) is 0.0736. The van der Waals surface area contributed by atoms with E-state index in [1.165, 1.54) is 36.9 Å². The number of rotatable bonds is 5. The third-order valence-corrected chi connectivity index (χ3v) is 8.66. The number of aromatic nitrogens is 3. The lowest BCUT2D eigenvalue weighted by Gasteiger charge is -2.00. The Morgan fingerprint density at radius 2 is 1.04 bits per heavy atom. The summed E-state index contributed by atoms with van der Waals surface area (Å²) in [6.07, 6.45) is 11.3. The molecule has 0 saturated carbocycles. The molecule has 6 heterocycles. The van der Waals surface area contributed by atoms with Gasteiger partial charge in [-0.2, -0.15) is 0 Å². The monoisotopic (exact) mass is 737 g/mol. The zero-order chi connectivity index (χ0) is 36.5. The fourth-order valence-electron chi connectivity index (χ4n) is 5.85. The number of carbonyl (C=O) groups excluding carboxylic acids is 3. The Labute approximate surface area is 295 Å². The number of carbonyl (C=O) groups is 3. The molecular weight excluding hydrogens is 712 g/mol. The molecule has 2 unspecified atom stereocenters. The first-order valence-corrected chi connectivity index (χ1v) is 16.0. The Balaban J connectivity index is 0.000000121. The smallest absolute Gasteiger partial charge is 0.233 e. The van der Waals surface area contributed by atoms with Crippen LogP contribution in [0.25, 0.3) is 65.8 Å². The third-order valence-electron chi connectivity index (χ3n) is 8.15. The number of aldehydes is 3. The van der Waals surface area contributed by atoms with E-state index in [9.17, 15) is 29.9 Å². The second-order valence-electron chi connectivity index (χ2n) is 11.1. The van der Waals surface area contributed by atoms with Gasteiger partial charge in [0.2, 0.25) is 24.8 Å². The summed E-state index contributed by atoms with van der Waals surface area (Å²) >= 11 is 0. The van der Waals surface area contributed by atoms with Gasteiger partial charge >= 0.3 is 0 Å². The van der Waals surface area contributed by atoms with Gasteiger partial charge in [0.15, 0.2) is 52.9 Å². The first kappa shape index (κ1) is 33.9. The number of nitrogens with zero attached hydrogens (tertiary/aromatic N) is 3. The van der Waals surface area contributed by atoms with E-state index in [-0.39, 0.29) is 11.3 Å². The van der Waals surface area contributed by atoms with Crippen molar-refractivity contribution in [1.29, 1.82) is 0 Å². The predicted molar refractivity (Wildman–Crippen MR) is 192 cm³/mol. The van der Waals surface area contributed by atoms with Crippen LogP contribution >= 0.6 is 18.9 Å². The molecule has 52 heavy (non-hydrogen) atoms. The minimum absolute atomic E-state index is 0.0358. The molecule has 6 aromatic heterocycles. The molecule has 0 saturated heterocycles. The third kappa shape index (κ3) is 5.85. The number of phenolic OH excluding ortho intramolecular Hbond substituents is 1. The minimum Gasteiger partial charge on any atom is -0.504 e. The molecule has 0 bridgehead atoms. The van der Waals surface area contributed by atoms with E-state index in [1.54, 1.807) is 54.9 Å². The molecule has 0 radical (unpaired) electrons. The maximum absolute atomic E-state index is 11.1. The average molecular weight is 738 g/mol. The first-order chi connectivity index (χ1) is 25.3. The number of furan rings is 3. The van der Waals surface area contributed by atoms with Crippen molar-refractivity contribution in [3.8, 4) is 17.2 Å². The van der Waals surface area contributed by atoms with E-state index in [0.29, 0.717) is 83.9 Å². The maximum atomic E-state index is 11.1. The van der Waals surface area contributed by atoms with Gasteiger partial charge in [0.25, 0.3) is 0 Å². The Bertz CT molecular complexity index is 2850. The highest BCUT2D eigenvalue weighted by Crippen LogP contribution is 2.38. The summed E-state index contributed by atoms with van der Waals surface area (Å²) in [6.45, 7) is 0. The van der Waals surface area contributed by atoms with Gasteiger partial charge < -0.3 is 27.4 Å². The molecule has 258 valence electrons. The summed E-state index contributed by atoms with van der Waals surface area (Å²) < 4.78 is 28.8. The number of phenols is 1. The van der Waals surface area contributed by atoms with Crippen LogP contribution in [0.3, 0.4) is 0 Å². The van der Waals surface area contributed by atoms with Crippen molar-refractivity contribution in [2.45, 2.75) is 0 Å². The van der Waals surface area contributed by atoms with Crippen molar-refractivity contribution in [3.63, 3.8) is 0 Å². The minimum atomic E-state index is -0.0358. The van der Waals surface area contributed by atoms with E-state index in [2.05, 4.69) is 23.9 Å².